The molecule has 140 valence electrons. The van der Waals surface area contributed by atoms with E-state index in [4.69, 9.17) is 22.9 Å². The second-order valence-corrected chi connectivity index (χ2v) is 7.48. The highest BCUT2D eigenvalue weighted by Gasteiger charge is 2.40. The molecule has 6 heteroatoms. The molecule has 1 amide bonds. The van der Waals surface area contributed by atoms with E-state index in [0.717, 1.165) is 24.5 Å². The van der Waals surface area contributed by atoms with Gasteiger partial charge in [0.2, 0.25) is 0 Å². The molecule has 1 fully saturated rings. The average Bonchev–Trinajstić information content (AvgIpc) is 3.12. The third-order valence-corrected chi connectivity index (χ3v) is 4.95. The Morgan fingerprint density at radius 2 is 2.00 bits per heavy atom. The number of amides is 1. The zero-order chi connectivity index (χ0) is 19.6. The smallest absolute Gasteiger partial charge is 0.266 e. The van der Waals surface area contributed by atoms with Gasteiger partial charge in [-0.1, -0.05) is 29.8 Å². The molecule has 0 radical (unpaired) electrons. The molecule has 1 atom stereocenters. The summed E-state index contributed by atoms with van der Waals surface area (Å²) in [6, 6.07) is 11.4. The highest BCUT2D eigenvalue weighted by atomic mass is 35.5. The van der Waals surface area contributed by atoms with Crippen molar-refractivity contribution in [3.8, 4) is 5.75 Å². The highest BCUT2D eigenvalue weighted by molar-refractivity contribution is 6.30. The molecule has 0 aliphatic carbocycles. The van der Waals surface area contributed by atoms with Crippen molar-refractivity contribution < 1.29 is 13.9 Å². The van der Waals surface area contributed by atoms with Gasteiger partial charge in [-0.3, -0.25) is 4.79 Å². The molecule has 4 nitrogen and oxygen atoms in total. The molecule has 1 saturated heterocycles. The van der Waals surface area contributed by atoms with Crippen LogP contribution < -0.4 is 4.74 Å². The fourth-order valence-corrected chi connectivity index (χ4v) is 3.47. The van der Waals surface area contributed by atoms with Gasteiger partial charge in [-0.25, -0.2) is 9.24 Å². The third kappa shape index (κ3) is 4.06. The molecule has 0 N–H and O–H groups in total. The van der Waals surface area contributed by atoms with Crippen LogP contribution >= 0.6 is 11.6 Å². The Labute approximate surface area is 163 Å². The summed E-state index contributed by atoms with van der Waals surface area (Å²) >= 11 is 5.96. The van der Waals surface area contributed by atoms with Crippen molar-refractivity contribution in [2.75, 3.05) is 6.54 Å². The van der Waals surface area contributed by atoms with Crippen LogP contribution in [-0.2, 0) is 4.79 Å². The monoisotopic (exact) mass is 386 g/mol. The zero-order valence-electron chi connectivity index (χ0n) is 15.2. The number of halogens is 2. The summed E-state index contributed by atoms with van der Waals surface area (Å²) in [7, 11) is 0. The number of ether oxygens (including phenoxy) is 1. The van der Waals surface area contributed by atoms with Crippen molar-refractivity contribution >= 4 is 23.2 Å². The van der Waals surface area contributed by atoms with Gasteiger partial charge in [0.25, 0.3) is 5.91 Å². The predicted molar refractivity (Wildman–Crippen MR) is 103 cm³/mol. The third-order valence-electron chi connectivity index (χ3n) is 4.69. The van der Waals surface area contributed by atoms with Crippen molar-refractivity contribution in [1.29, 1.82) is 0 Å². The largest absolute Gasteiger partial charge is 0.475 e. The molecule has 1 heterocycles. The van der Waals surface area contributed by atoms with E-state index in [-0.39, 0.29) is 23.4 Å². The quantitative estimate of drug-likeness (QED) is 0.645. The van der Waals surface area contributed by atoms with E-state index in [2.05, 4.69) is 4.85 Å². The lowest BCUT2D eigenvalue weighted by Gasteiger charge is -2.33. The Morgan fingerprint density at radius 3 is 2.63 bits per heavy atom. The molecule has 2 aromatic rings. The maximum atomic E-state index is 14.2. The second-order valence-electron chi connectivity index (χ2n) is 7.05. The standard InChI is InChI=1S/C21H20ClFN2O2/c1-21(2,27-19-11-10-16(24-3)13-17(19)23)20(26)25-12-4-5-18(25)14-6-8-15(22)9-7-14/h6-11,13,18H,4-5,12H2,1-2H3. The van der Waals surface area contributed by atoms with Crippen LogP contribution in [0.1, 0.15) is 38.3 Å². The Balaban J connectivity index is 1.80. The first kappa shape index (κ1) is 19.2. The zero-order valence-corrected chi connectivity index (χ0v) is 16.0. The minimum atomic E-state index is -1.24. The van der Waals surface area contributed by atoms with Gasteiger partial charge >= 0.3 is 0 Å². The molecule has 0 spiro atoms. The number of hydrogen-bond donors (Lipinski definition) is 0. The molecule has 2 aromatic carbocycles. The molecule has 27 heavy (non-hydrogen) atoms. The summed E-state index contributed by atoms with van der Waals surface area (Å²) in [4.78, 5) is 18.1. The molecule has 1 aliphatic heterocycles. The van der Waals surface area contributed by atoms with E-state index in [1.807, 2.05) is 24.3 Å². The topological polar surface area (TPSA) is 33.9 Å². The van der Waals surface area contributed by atoms with Gasteiger partial charge < -0.3 is 9.64 Å². The van der Waals surface area contributed by atoms with Crippen molar-refractivity contribution in [3.05, 3.63) is 70.3 Å². The lowest BCUT2D eigenvalue weighted by atomic mass is 10.0. The number of hydrogen-bond acceptors (Lipinski definition) is 2. The lowest BCUT2D eigenvalue weighted by molar-refractivity contribution is -0.146. The number of carbonyl (C=O) groups is 1. The number of nitrogens with zero attached hydrogens (tertiary/aromatic N) is 2. The molecule has 0 bridgehead atoms. The normalized spacial score (nSPS) is 16.9. The molecule has 1 unspecified atom stereocenters. The summed E-state index contributed by atoms with van der Waals surface area (Å²) in [6.45, 7) is 10.8. The summed E-state index contributed by atoms with van der Waals surface area (Å²) < 4.78 is 19.9. The van der Waals surface area contributed by atoms with E-state index in [1.165, 1.54) is 12.1 Å². The fraction of sp³-hybridized carbons (Fsp3) is 0.333. The van der Waals surface area contributed by atoms with Crippen LogP contribution in [0.3, 0.4) is 0 Å². The van der Waals surface area contributed by atoms with Crippen LogP contribution in [0.2, 0.25) is 5.02 Å². The van der Waals surface area contributed by atoms with Crippen LogP contribution in [0.4, 0.5) is 10.1 Å². The summed E-state index contributed by atoms with van der Waals surface area (Å²) in [6.07, 6.45) is 1.75. The van der Waals surface area contributed by atoms with E-state index >= 15 is 0 Å². The first-order valence-electron chi connectivity index (χ1n) is 8.74. The first-order valence-corrected chi connectivity index (χ1v) is 9.12. The fourth-order valence-electron chi connectivity index (χ4n) is 3.35. The summed E-state index contributed by atoms with van der Waals surface area (Å²) in [5.74, 6) is -0.892. The molecule has 0 aromatic heterocycles. The van der Waals surface area contributed by atoms with Crippen molar-refractivity contribution in [3.63, 3.8) is 0 Å². The molecular weight excluding hydrogens is 367 g/mol. The summed E-state index contributed by atoms with van der Waals surface area (Å²) in [5.41, 5.74) is -0.0323. The number of benzene rings is 2. The molecular formula is C21H20ClFN2O2. The van der Waals surface area contributed by atoms with Gasteiger partial charge in [0, 0.05) is 11.6 Å². The Hall–Kier alpha value is -2.58. The van der Waals surface area contributed by atoms with Crippen LogP contribution in [0, 0.1) is 12.4 Å². The lowest BCUT2D eigenvalue weighted by Crippen LogP contribution is -2.48. The van der Waals surface area contributed by atoms with Crippen molar-refractivity contribution in [2.45, 2.75) is 38.3 Å². The van der Waals surface area contributed by atoms with E-state index < -0.39 is 11.4 Å². The first-order chi connectivity index (χ1) is 12.8. The van der Waals surface area contributed by atoms with Gasteiger partial charge in [-0.05, 0) is 56.5 Å². The molecule has 3 rings (SSSR count). The number of rotatable bonds is 4. The number of carbonyl (C=O) groups excluding carboxylic acids is 1. The van der Waals surface area contributed by atoms with Crippen molar-refractivity contribution in [1.82, 2.24) is 4.90 Å². The van der Waals surface area contributed by atoms with Gasteiger partial charge in [-0.15, -0.1) is 0 Å². The maximum absolute atomic E-state index is 14.2. The summed E-state index contributed by atoms with van der Waals surface area (Å²) in [5, 5.41) is 0.650. The second kappa shape index (κ2) is 7.58. The van der Waals surface area contributed by atoms with Crippen LogP contribution in [0.25, 0.3) is 4.85 Å². The van der Waals surface area contributed by atoms with Gasteiger partial charge in [0.05, 0.1) is 12.6 Å². The van der Waals surface area contributed by atoms with Gasteiger partial charge in [0.15, 0.2) is 22.9 Å². The van der Waals surface area contributed by atoms with Crippen molar-refractivity contribution in [2.24, 2.45) is 0 Å². The van der Waals surface area contributed by atoms with E-state index in [9.17, 15) is 9.18 Å². The molecule has 1 aliphatic rings. The Kier molecular flexibility index (Phi) is 5.38. The van der Waals surface area contributed by atoms with Crippen LogP contribution in [0.5, 0.6) is 5.75 Å². The van der Waals surface area contributed by atoms with Gasteiger partial charge in [0.1, 0.15) is 0 Å². The minimum absolute atomic E-state index is 0.0389. The SMILES string of the molecule is [C-]#[N+]c1ccc(OC(C)(C)C(=O)N2CCCC2c2ccc(Cl)cc2)c(F)c1. The predicted octanol–water partition coefficient (Wildman–Crippen LogP) is 5.55. The Bertz CT molecular complexity index is 890. The van der Waals surface area contributed by atoms with Crippen LogP contribution in [-0.4, -0.2) is 23.0 Å². The minimum Gasteiger partial charge on any atom is -0.475 e. The Morgan fingerprint density at radius 1 is 1.30 bits per heavy atom. The highest BCUT2D eigenvalue weighted by Crippen LogP contribution is 2.35. The maximum Gasteiger partial charge on any atom is 0.266 e. The average molecular weight is 387 g/mol. The molecule has 0 saturated carbocycles. The van der Waals surface area contributed by atoms with Crippen LogP contribution in [0.15, 0.2) is 42.5 Å². The van der Waals surface area contributed by atoms with E-state index in [0.29, 0.717) is 11.6 Å². The van der Waals surface area contributed by atoms with Gasteiger partial charge in [-0.2, -0.15) is 0 Å². The number of likely N-dealkylation sites (tertiary alicyclic amines) is 1. The van der Waals surface area contributed by atoms with E-state index in [1.54, 1.807) is 18.7 Å².